The molecule has 17 heavy (non-hydrogen) atoms. The molecular formula is C13H8N4. The number of pyridine rings is 1. The summed E-state index contributed by atoms with van der Waals surface area (Å²) in [6.45, 7) is 0. The van der Waals surface area contributed by atoms with Crippen molar-refractivity contribution in [3.8, 4) is 11.8 Å². The Kier molecular flexibility index (Phi) is 2.09. The highest BCUT2D eigenvalue weighted by molar-refractivity contribution is 5.78. The zero-order valence-corrected chi connectivity index (χ0v) is 8.91. The van der Waals surface area contributed by atoms with E-state index in [1.165, 1.54) is 0 Å². The number of benzene rings is 1. The van der Waals surface area contributed by atoms with Gasteiger partial charge in [0.1, 0.15) is 6.33 Å². The van der Waals surface area contributed by atoms with Gasteiger partial charge in [-0.25, -0.2) is 4.98 Å². The number of nitrogens with zero attached hydrogens (tertiary/aromatic N) is 4. The fourth-order valence-corrected chi connectivity index (χ4v) is 1.79. The van der Waals surface area contributed by atoms with E-state index < -0.39 is 0 Å². The molecule has 0 N–H and O–H groups in total. The van der Waals surface area contributed by atoms with Crippen LogP contribution in [0.5, 0.6) is 0 Å². The van der Waals surface area contributed by atoms with Gasteiger partial charge in [0.25, 0.3) is 0 Å². The second kappa shape index (κ2) is 3.72. The van der Waals surface area contributed by atoms with Crippen LogP contribution < -0.4 is 0 Å². The summed E-state index contributed by atoms with van der Waals surface area (Å²) in [7, 11) is 0. The maximum absolute atomic E-state index is 8.83. The Morgan fingerprint density at radius 3 is 2.71 bits per heavy atom. The Morgan fingerprint density at radius 2 is 1.94 bits per heavy atom. The van der Waals surface area contributed by atoms with Gasteiger partial charge in [-0.1, -0.05) is 0 Å². The largest absolute Gasteiger partial charge is 0.299 e. The first-order valence-electron chi connectivity index (χ1n) is 5.16. The van der Waals surface area contributed by atoms with E-state index in [1.807, 2.05) is 22.8 Å². The molecule has 3 rings (SSSR count). The lowest BCUT2D eigenvalue weighted by atomic mass is 10.2. The van der Waals surface area contributed by atoms with Crippen LogP contribution in [0.2, 0.25) is 0 Å². The third-order valence-corrected chi connectivity index (χ3v) is 2.62. The molecule has 4 nitrogen and oxygen atoms in total. The van der Waals surface area contributed by atoms with Crippen molar-refractivity contribution in [1.82, 2.24) is 14.5 Å². The van der Waals surface area contributed by atoms with Gasteiger partial charge in [-0.15, -0.1) is 0 Å². The topological polar surface area (TPSA) is 54.5 Å². The Morgan fingerprint density at radius 1 is 1.12 bits per heavy atom. The summed E-state index contributed by atoms with van der Waals surface area (Å²) in [4.78, 5) is 8.28. The molecule has 4 heteroatoms. The Balaban J connectivity index is 2.23. The number of imidazole rings is 1. The van der Waals surface area contributed by atoms with Crippen LogP contribution in [0, 0.1) is 11.3 Å². The quantitative estimate of drug-likeness (QED) is 0.632. The maximum atomic E-state index is 8.83. The van der Waals surface area contributed by atoms with Gasteiger partial charge < -0.3 is 0 Å². The fraction of sp³-hybridized carbons (Fsp3) is 0. The van der Waals surface area contributed by atoms with Gasteiger partial charge in [0.15, 0.2) is 0 Å². The summed E-state index contributed by atoms with van der Waals surface area (Å²) in [5, 5.41) is 8.83. The van der Waals surface area contributed by atoms with Gasteiger partial charge in [-0.2, -0.15) is 5.26 Å². The van der Waals surface area contributed by atoms with E-state index in [4.69, 9.17) is 5.26 Å². The van der Waals surface area contributed by atoms with Crippen molar-refractivity contribution < 1.29 is 0 Å². The summed E-state index contributed by atoms with van der Waals surface area (Å²) in [5.41, 5.74) is 3.43. The highest BCUT2D eigenvalue weighted by Crippen LogP contribution is 2.18. The predicted molar refractivity (Wildman–Crippen MR) is 63.6 cm³/mol. The zero-order chi connectivity index (χ0) is 11.7. The van der Waals surface area contributed by atoms with Crippen molar-refractivity contribution in [1.29, 1.82) is 5.26 Å². The normalized spacial score (nSPS) is 10.3. The number of aromatic nitrogens is 3. The number of rotatable bonds is 1. The first-order chi connectivity index (χ1) is 8.38. The summed E-state index contributed by atoms with van der Waals surface area (Å²) in [6, 6.07) is 11.4. The van der Waals surface area contributed by atoms with Crippen molar-refractivity contribution in [3.63, 3.8) is 0 Å². The van der Waals surface area contributed by atoms with E-state index in [0.29, 0.717) is 5.56 Å². The molecule has 0 unspecified atom stereocenters. The molecule has 0 bridgehead atoms. The SMILES string of the molecule is N#Cc1ccc2c(c1)ncn2-c1ccncc1. The van der Waals surface area contributed by atoms with E-state index >= 15 is 0 Å². The second-order valence-electron chi connectivity index (χ2n) is 3.64. The van der Waals surface area contributed by atoms with Crippen molar-refractivity contribution in [2.45, 2.75) is 0 Å². The minimum Gasteiger partial charge on any atom is -0.299 e. The van der Waals surface area contributed by atoms with E-state index in [-0.39, 0.29) is 0 Å². The Labute approximate surface area is 97.8 Å². The number of hydrogen-bond donors (Lipinski definition) is 0. The van der Waals surface area contributed by atoms with Gasteiger partial charge in [0.05, 0.1) is 28.4 Å². The summed E-state index contributed by atoms with van der Waals surface area (Å²) >= 11 is 0. The van der Waals surface area contributed by atoms with Crippen LogP contribution in [-0.4, -0.2) is 14.5 Å². The van der Waals surface area contributed by atoms with Crippen LogP contribution in [0.1, 0.15) is 5.56 Å². The van der Waals surface area contributed by atoms with Gasteiger partial charge >= 0.3 is 0 Å². The second-order valence-corrected chi connectivity index (χ2v) is 3.64. The highest BCUT2D eigenvalue weighted by Gasteiger charge is 2.04. The molecule has 0 aliphatic carbocycles. The van der Waals surface area contributed by atoms with Crippen LogP contribution in [0.3, 0.4) is 0 Å². The lowest BCUT2D eigenvalue weighted by Gasteiger charge is -2.02. The minimum atomic E-state index is 0.623. The minimum absolute atomic E-state index is 0.623. The first-order valence-corrected chi connectivity index (χ1v) is 5.16. The number of fused-ring (bicyclic) bond motifs is 1. The van der Waals surface area contributed by atoms with Crippen molar-refractivity contribution in [2.75, 3.05) is 0 Å². The Hall–Kier alpha value is -2.67. The first kappa shape index (κ1) is 9.55. The molecular weight excluding hydrogens is 212 g/mol. The monoisotopic (exact) mass is 220 g/mol. The van der Waals surface area contributed by atoms with E-state index in [9.17, 15) is 0 Å². The molecule has 0 atom stereocenters. The molecule has 0 radical (unpaired) electrons. The molecule has 0 aliphatic heterocycles. The maximum Gasteiger partial charge on any atom is 0.100 e. The molecule has 2 heterocycles. The Bertz CT molecular complexity index is 707. The van der Waals surface area contributed by atoms with E-state index in [1.54, 1.807) is 30.9 Å². The molecule has 1 aromatic carbocycles. The van der Waals surface area contributed by atoms with Gasteiger partial charge in [-0.3, -0.25) is 9.55 Å². The lowest BCUT2D eigenvalue weighted by Crippen LogP contribution is -1.91. The molecule has 0 fully saturated rings. The van der Waals surface area contributed by atoms with E-state index in [0.717, 1.165) is 16.7 Å². The molecule has 3 aromatic rings. The molecule has 0 saturated heterocycles. The lowest BCUT2D eigenvalue weighted by molar-refractivity contribution is 1.08. The van der Waals surface area contributed by atoms with Gasteiger partial charge in [0.2, 0.25) is 0 Å². The van der Waals surface area contributed by atoms with Crippen molar-refractivity contribution in [2.24, 2.45) is 0 Å². The summed E-state index contributed by atoms with van der Waals surface area (Å²) < 4.78 is 1.97. The molecule has 0 aliphatic rings. The molecule has 0 amide bonds. The molecule has 0 spiro atoms. The number of nitriles is 1. The fourth-order valence-electron chi connectivity index (χ4n) is 1.79. The van der Waals surface area contributed by atoms with Crippen molar-refractivity contribution in [3.05, 3.63) is 54.6 Å². The van der Waals surface area contributed by atoms with Crippen LogP contribution in [-0.2, 0) is 0 Å². The third kappa shape index (κ3) is 1.54. The standard InChI is InChI=1S/C13H8N4/c14-8-10-1-2-13-12(7-10)16-9-17(13)11-3-5-15-6-4-11/h1-7,9H. The third-order valence-electron chi connectivity index (χ3n) is 2.62. The zero-order valence-electron chi connectivity index (χ0n) is 8.91. The van der Waals surface area contributed by atoms with E-state index in [2.05, 4.69) is 16.0 Å². The average Bonchev–Trinajstić information content (AvgIpc) is 2.82. The van der Waals surface area contributed by atoms with Gasteiger partial charge in [0, 0.05) is 12.4 Å². The molecule has 80 valence electrons. The summed E-state index contributed by atoms with van der Waals surface area (Å²) in [5.74, 6) is 0. The van der Waals surface area contributed by atoms with Crippen LogP contribution >= 0.6 is 0 Å². The van der Waals surface area contributed by atoms with Crippen LogP contribution in [0.15, 0.2) is 49.1 Å². The van der Waals surface area contributed by atoms with Gasteiger partial charge in [-0.05, 0) is 30.3 Å². The number of hydrogen-bond acceptors (Lipinski definition) is 3. The molecule has 2 aromatic heterocycles. The predicted octanol–water partition coefficient (Wildman–Crippen LogP) is 2.29. The average molecular weight is 220 g/mol. The van der Waals surface area contributed by atoms with Crippen LogP contribution in [0.25, 0.3) is 16.7 Å². The highest BCUT2D eigenvalue weighted by atomic mass is 15.0. The smallest absolute Gasteiger partial charge is 0.100 e. The summed E-state index contributed by atoms with van der Waals surface area (Å²) in [6.07, 6.45) is 5.23. The molecule has 0 saturated carbocycles. The van der Waals surface area contributed by atoms with Crippen molar-refractivity contribution >= 4 is 11.0 Å². The van der Waals surface area contributed by atoms with Crippen LogP contribution in [0.4, 0.5) is 0 Å².